The molecule has 0 unspecified atom stereocenters. The first kappa shape index (κ1) is 10.6. The second-order valence-electron chi connectivity index (χ2n) is 4.01. The average Bonchev–Trinajstić information content (AvgIpc) is 2.67. The van der Waals surface area contributed by atoms with Gasteiger partial charge in [0.1, 0.15) is 0 Å². The van der Waals surface area contributed by atoms with Crippen molar-refractivity contribution in [1.29, 1.82) is 0 Å². The molecule has 0 radical (unpaired) electrons. The van der Waals surface area contributed by atoms with E-state index in [2.05, 4.69) is 10.3 Å². The van der Waals surface area contributed by atoms with E-state index in [0.29, 0.717) is 5.65 Å². The maximum Gasteiger partial charge on any atom is 0.332 e. The van der Waals surface area contributed by atoms with Crippen molar-refractivity contribution in [3.05, 3.63) is 20.8 Å². The lowest BCUT2D eigenvalue weighted by Gasteiger charge is -2.08. The standard InChI is InChI=1S/C9H13N5O2/c1-5(2)14-7-6(10-11-14)8(15)13(4)9(16)12(7)3/h5H,1-4H3. The highest BCUT2D eigenvalue weighted by Crippen LogP contribution is 2.09. The fraction of sp³-hybridized carbons (Fsp3) is 0.556. The van der Waals surface area contributed by atoms with Gasteiger partial charge >= 0.3 is 5.69 Å². The molecule has 2 heterocycles. The van der Waals surface area contributed by atoms with Crippen LogP contribution in [-0.4, -0.2) is 24.1 Å². The zero-order valence-electron chi connectivity index (χ0n) is 9.63. The zero-order chi connectivity index (χ0) is 12.0. The third kappa shape index (κ3) is 1.21. The lowest BCUT2D eigenvalue weighted by atomic mass is 10.4. The van der Waals surface area contributed by atoms with E-state index < -0.39 is 5.56 Å². The molecule has 0 amide bonds. The van der Waals surface area contributed by atoms with Gasteiger partial charge in [-0.15, -0.1) is 5.10 Å². The van der Waals surface area contributed by atoms with E-state index in [1.807, 2.05) is 13.8 Å². The molecule has 0 aromatic carbocycles. The molecule has 86 valence electrons. The number of hydrogen-bond acceptors (Lipinski definition) is 4. The van der Waals surface area contributed by atoms with Crippen molar-refractivity contribution in [2.45, 2.75) is 19.9 Å². The van der Waals surface area contributed by atoms with Gasteiger partial charge in [-0.05, 0) is 13.8 Å². The van der Waals surface area contributed by atoms with E-state index >= 15 is 0 Å². The lowest BCUT2D eigenvalue weighted by molar-refractivity contribution is 0.517. The number of aryl methyl sites for hydroxylation is 1. The Labute approximate surface area is 90.9 Å². The largest absolute Gasteiger partial charge is 0.332 e. The van der Waals surface area contributed by atoms with Crippen LogP contribution in [0, 0.1) is 0 Å². The molecule has 7 heteroatoms. The topological polar surface area (TPSA) is 74.7 Å². The first-order valence-electron chi connectivity index (χ1n) is 4.96. The summed E-state index contributed by atoms with van der Waals surface area (Å²) in [4.78, 5) is 23.5. The molecule has 0 aliphatic carbocycles. The predicted molar refractivity (Wildman–Crippen MR) is 58.4 cm³/mol. The normalized spacial score (nSPS) is 11.6. The number of aromatic nitrogens is 5. The average molecular weight is 223 g/mol. The van der Waals surface area contributed by atoms with Crippen LogP contribution >= 0.6 is 0 Å². The van der Waals surface area contributed by atoms with E-state index in [0.717, 1.165) is 4.57 Å². The Balaban J connectivity index is 3.07. The molecule has 0 saturated carbocycles. The van der Waals surface area contributed by atoms with Crippen molar-refractivity contribution in [3.8, 4) is 0 Å². The monoisotopic (exact) mass is 223 g/mol. The molecule has 0 fully saturated rings. The smallest absolute Gasteiger partial charge is 0.279 e. The molecule has 2 aromatic rings. The zero-order valence-corrected chi connectivity index (χ0v) is 9.63. The molecule has 2 aromatic heterocycles. The van der Waals surface area contributed by atoms with Gasteiger partial charge in [-0.3, -0.25) is 13.9 Å². The Morgan fingerprint density at radius 2 is 1.75 bits per heavy atom. The minimum Gasteiger partial charge on any atom is -0.279 e. The molecule has 2 rings (SSSR count). The molecule has 0 aliphatic rings. The quantitative estimate of drug-likeness (QED) is 0.647. The molecule has 0 atom stereocenters. The third-order valence-corrected chi connectivity index (χ3v) is 2.56. The minimum atomic E-state index is -0.412. The van der Waals surface area contributed by atoms with Crippen LogP contribution in [0.4, 0.5) is 0 Å². The summed E-state index contributed by atoms with van der Waals surface area (Å²) in [5.41, 5.74) is -0.104. The van der Waals surface area contributed by atoms with Gasteiger partial charge in [0.15, 0.2) is 11.2 Å². The molecule has 0 spiro atoms. The van der Waals surface area contributed by atoms with Gasteiger partial charge in [0, 0.05) is 14.1 Å². The molecule has 0 saturated heterocycles. The number of hydrogen-bond donors (Lipinski definition) is 0. The Hall–Kier alpha value is -1.92. The van der Waals surface area contributed by atoms with Gasteiger partial charge in [0.2, 0.25) is 0 Å². The SMILES string of the molecule is CC(C)n1nnc2c(=O)n(C)c(=O)n(C)c21. The van der Waals surface area contributed by atoms with E-state index in [4.69, 9.17) is 0 Å². The first-order chi connectivity index (χ1) is 7.45. The summed E-state index contributed by atoms with van der Waals surface area (Å²) in [6.07, 6.45) is 0. The number of rotatable bonds is 1. The number of nitrogens with zero attached hydrogens (tertiary/aromatic N) is 5. The highest BCUT2D eigenvalue weighted by atomic mass is 16.2. The summed E-state index contributed by atoms with van der Waals surface area (Å²) in [6, 6.07) is 0.0442. The van der Waals surface area contributed by atoms with Crippen molar-refractivity contribution in [2.75, 3.05) is 0 Å². The van der Waals surface area contributed by atoms with Crippen molar-refractivity contribution < 1.29 is 0 Å². The van der Waals surface area contributed by atoms with Crippen LogP contribution in [0.2, 0.25) is 0 Å². The van der Waals surface area contributed by atoms with Crippen LogP contribution in [0.25, 0.3) is 11.2 Å². The van der Waals surface area contributed by atoms with Crippen LogP contribution < -0.4 is 11.2 Å². The Kier molecular flexibility index (Phi) is 2.18. The Morgan fingerprint density at radius 3 is 2.31 bits per heavy atom. The first-order valence-corrected chi connectivity index (χ1v) is 4.96. The molecule has 0 N–H and O–H groups in total. The summed E-state index contributed by atoms with van der Waals surface area (Å²) >= 11 is 0. The summed E-state index contributed by atoms with van der Waals surface area (Å²) in [5.74, 6) is 0. The second kappa shape index (κ2) is 3.29. The Bertz CT molecular complexity index is 661. The van der Waals surface area contributed by atoms with Crippen molar-refractivity contribution in [1.82, 2.24) is 24.1 Å². The molecular weight excluding hydrogens is 210 g/mol. The highest BCUT2D eigenvalue weighted by Gasteiger charge is 2.16. The minimum absolute atomic E-state index is 0.0442. The predicted octanol–water partition coefficient (Wildman–Crippen LogP) is -0.590. The second-order valence-corrected chi connectivity index (χ2v) is 4.01. The maximum atomic E-state index is 11.8. The summed E-state index contributed by atoms with van der Waals surface area (Å²) in [5, 5.41) is 7.71. The highest BCUT2D eigenvalue weighted by molar-refractivity contribution is 5.68. The van der Waals surface area contributed by atoms with Crippen LogP contribution in [0.3, 0.4) is 0 Å². The molecule has 0 aliphatic heterocycles. The van der Waals surface area contributed by atoms with Gasteiger partial charge in [0.05, 0.1) is 6.04 Å². The van der Waals surface area contributed by atoms with Crippen molar-refractivity contribution >= 4 is 11.2 Å². The van der Waals surface area contributed by atoms with Gasteiger partial charge in [0.25, 0.3) is 5.56 Å². The van der Waals surface area contributed by atoms with Crippen LogP contribution in [-0.2, 0) is 14.1 Å². The maximum absolute atomic E-state index is 11.8. The van der Waals surface area contributed by atoms with E-state index in [1.54, 1.807) is 11.7 Å². The Morgan fingerprint density at radius 1 is 1.12 bits per heavy atom. The van der Waals surface area contributed by atoms with Gasteiger partial charge in [-0.25, -0.2) is 9.48 Å². The third-order valence-electron chi connectivity index (χ3n) is 2.56. The fourth-order valence-electron chi connectivity index (χ4n) is 1.65. The van der Waals surface area contributed by atoms with Crippen molar-refractivity contribution in [3.63, 3.8) is 0 Å². The summed E-state index contributed by atoms with van der Waals surface area (Å²) in [7, 11) is 3.03. The molecular formula is C9H13N5O2. The van der Waals surface area contributed by atoms with Crippen LogP contribution in [0.5, 0.6) is 0 Å². The van der Waals surface area contributed by atoms with E-state index in [1.165, 1.54) is 11.6 Å². The lowest BCUT2D eigenvalue weighted by Crippen LogP contribution is -2.37. The van der Waals surface area contributed by atoms with Crippen LogP contribution in [0.1, 0.15) is 19.9 Å². The van der Waals surface area contributed by atoms with Gasteiger partial charge in [-0.1, -0.05) is 5.21 Å². The molecule has 7 nitrogen and oxygen atoms in total. The molecule has 0 bridgehead atoms. The van der Waals surface area contributed by atoms with E-state index in [9.17, 15) is 9.59 Å². The molecule has 16 heavy (non-hydrogen) atoms. The van der Waals surface area contributed by atoms with Gasteiger partial charge < -0.3 is 0 Å². The van der Waals surface area contributed by atoms with Crippen LogP contribution in [0.15, 0.2) is 9.59 Å². The van der Waals surface area contributed by atoms with Crippen molar-refractivity contribution in [2.24, 2.45) is 14.1 Å². The number of fused-ring (bicyclic) bond motifs is 1. The van der Waals surface area contributed by atoms with E-state index in [-0.39, 0.29) is 17.2 Å². The fourth-order valence-corrected chi connectivity index (χ4v) is 1.65. The van der Waals surface area contributed by atoms with Gasteiger partial charge in [-0.2, -0.15) is 0 Å². The summed E-state index contributed by atoms with van der Waals surface area (Å²) in [6.45, 7) is 3.83. The summed E-state index contributed by atoms with van der Waals surface area (Å²) < 4.78 is 3.98.